The molecule has 0 radical (unpaired) electrons. The lowest BCUT2D eigenvalue weighted by Crippen LogP contribution is -2.19. The molecule has 0 spiro atoms. The van der Waals surface area contributed by atoms with E-state index in [1.54, 1.807) is 18.2 Å². The largest absolute Gasteiger partial charge is 0.491 e. The first kappa shape index (κ1) is 15.5. The van der Waals surface area contributed by atoms with Gasteiger partial charge in [0, 0.05) is 4.47 Å². The molecule has 0 amide bonds. The van der Waals surface area contributed by atoms with E-state index in [0.717, 1.165) is 10.0 Å². The van der Waals surface area contributed by atoms with Crippen molar-refractivity contribution in [3.63, 3.8) is 0 Å². The van der Waals surface area contributed by atoms with E-state index in [1.165, 1.54) is 7.11 Å². The molecule has 2 rings (SSSR count). The van der Waals surface area contributed by atoms with Gasteiger partial charge in [-0.3, -0.25) is 0 Å². The summed E-state index contributed by atoms with van der Waals surface area (Å²) in [4.78, 5) is 11.7. The molecule has 0 aliphatic rings. The molecule has 0 saturated carbocycles. The average Bonchev–Trinajstić information content (AvgIpc) is 2.52. The molecule has 0 aliphatic carbocycles. The van der Waals surface area contributed by atoms with E-state index < -0.39 is 5.97 Å². The number of rotatable bonds is 5. The molecule has 0 fully saturated rings. The highest BCUT2D eigenvalue weighted by Crippen LogP contribution is 2.25. The Morgan fingerprint density at radius 2 is 1.95 bits per heavy atom. The minimum atomic E-state index is -0.439. The normalized spacial score (nSPS) is 11.8. The van der Waals surface area contributed by atoms with Crippen molar-refractivity contribution in [1.82, 2.24) is 0 Å². The van der Waals surface area contributed by atoms with E-state index in [4.69, 9.17) is 15.2 Å². The Kier molecular flexibility index (Phi) is 5.36. The predicted octanol–water partition coefficient (Wildman–Crippen LogP) is 3.31. The van der Waals surface area contributed by atoms with Crippen LogP contribution in [0.3, 0.4) is 0 Å². The molecule has 4 nitrogen and oxygen atoms in total. The monoisotopic (exact) mass is 349 g/mol. The van der Waals surface area contributed by atoms with Crippen LogP contribution in [0, 0.1) is 0 Å². The van der Waals surface area contributed by atoms with Crippen LogP contribution in [0.4, 0.5) is 0 Å². The topological polar surface area (TPSA) is 61.5 Å². The third-order valence-corrected chi connectivity index (χ3v) is 3.49. The van der Waals surface area contributed by atoms with Gasteiger partial charge in [0.2, 0.25) is 0 Å². The number of ether oxygens (including phenoxy) is 2. The predicted molar refractivity (Wildman–Crippen MR) is 84.3 cm³/mol. The summed E-state index contributed by atoms with van der Waals surface area (Å²) in [6.07, 6.45) is 0. The van der Waals surface area contributed by atoms with E-state index >= 15 is 0 Å². The van der Waals surface area contributed by atoms with Gasteiger partial charge in [0.05, 0.1) is 13.2 Å². The van der Waals surface area contributed by atoms with Crippen LogP contribution in [0.25, 0.3) is 0 Å². The first-order chi connectivity index (χ1) is 10.1. The van der Waals surface area contributed by atoms with E-state index in [0.29, 0.717) is 11.3 Å². The van der Waals surface area contributed by atoms with E-state index in [2.05, 4.69) is 15.9 Å². The fourth-order valence-electron chi connectivity index (χ4n) is 1.87. The third kappa shape index (κ3) is 4.06. The van der Waals surface area contributed by atoms with Gasteiger partial charge in [-0.2, -0.15) is 0 Å². The van der Waals surface area contributed by atoms with Crippen molar-refractivity contribution >= 4 is 21.9 Å². The zero-order valence-electron chi connectivity index (χ0n) is 11.6. The van der Waals surface area contributed by atoms with Gasteiger partial charge < -0.3 is 15.2 Å². The van der Waals surface area contributed by atoms with Gasteiger partial charge in [-0.05, 0) is 23.8 Å². The number of hydrogen-bond donors (Lipinski definition) is 1. The Balaban J connectivity index is 2.12. The minimum Gasteiger partial charge on any atom is -0.491 e. The average molecular weight is 350 g/mol. The first-order valence-corrected chi connectivity index (χ1v) is 7.22. The maximum Gasteiger partial charge on any atom is 0.341 e. The summed E-state index contributed by atoms with van der Waals surface area (Å²) in [6, 6.07) is 14.5. The fourth-order valence-corrected chi connectivity index (χ4v) is 2.21. The molecule has 2 N–H and O–H groups in total. The third-order valence-electron chi connectivity index (χ3n) is 3.00. The van der Waals surface area contributed by atoms with Crippen molar-refractivity contribution < 1.29 is 14.3 Å². The van der Waals surface area contributed by atoms with Gasteiger partial charge in [-0.1, -0.05) is 46.3 Å². The van der Waals surface area contributed by atoms with Gasteiger partial charge >= 0.3 is 5.97 Å². The van der Waals surface area contributed by atoms with Crippen LogP contribution in [-0.4, -0.2) is 19.7 Å². The number of hydrogen-bond acceptors (Lipinski definition) is 4. The summed E-state index contributed by atoms with van der Waals surface area (Å²) >= 11 is 3.36. The van der Waals surface area contributed by atoms with Gasteiger partial charge in [0.25, 0.3) is 0 Å². The molecule has 1 atom stereocenters. The number of methoxy groups -OCH3 is 1. The molecule has 2 aromatic carbocycles. The van der Waals surface area contributed by atoms with Crippen LogP contribution in [0.2, 0.25) is 0 Å². The summed E-state index contributed by atoms with van der Waals surface area (Å²) in [5.41, 5.74) is 7.44. The second kappa shape index (κ2) is 7.24. The van der Waals surface area contributed by atoms with E-state index in [1.807, 2.05) is 30.3 Å². The van der Waals surface area contributed by atoms with Crippen LogP contribution < -0.4 is 10.5 Å². The van der Waals surface area contributed by atoms with Crippen molar-refractivity contribution in [2.75, 3.05) is 13.7 Å². The van der Waals surface area contributed by atoms with Gasteiger partial charge in [-0.15, -0.1) is 0 Å². The van der Waals surface area contributed by atoms with E-state index in [9.17, 15) is 4.79 Å². The quantitative estimate of drug-likeness (QED) is 0.841. The highest BCUT2D eigenvalue weighted by Gasteiger charge is 2.15. The molecule has 0 aliphatic heterocycles. The Morgan fingerprint density at radius 1 is 1.24 bits per heavy atom. The maximum absolute atomic E-state index is 11.7. The molecule has 21 heavy (non-hydrogen) atoms. The number of carbonyl (C=O) groups is 1. The van der Waals surface area contributed by atoms with Crippen molar-refractivity contribution in [2.45, 2.75) is 6.04 Å². The van der Waals surface area contributed by atoms with Gasteiger partial charge in [-0.25, -0.2) is 4.79 Å². The molecule has 5 heteroatoms. The zero-order chi connectivity index (χ0) is 15.2. The Hall–Kier alpha value is -1.85. The highest BCUT2D eigenvalue weighted by atomic mass is 79.9. The van der Waals surface area contributed by atoms with E-state index in [-0.39, 0.29) is 12.6 Å². The van der Waals surface area contributed by atoms with Gasteiger partial charge in [0.15, 0.2) is 0 Å². The SMILES string of the molecule is COC(=O)c1ccc(Br)cc1OCC(N)c1ccccc1. The number of benzene rings is 2. The summed E-state index contributed by atoms with van der Waals surface area (Å²) < 4.78 is 11.3. The highest BCUT2D eigenvalue weighted by molar-refractivity contribution is 9.10. The van der Waals surface area contributed by atoms with Crippen molar-refractivity contribution in [3.05, 3.63) is 64.1 Å². The Morgan fingerprint density at radius 3 is 2.62 bits per heavy atom. The molecule has 0 aromatic heterocycles. The van der Waals surface area contributed by atoms with Crippen molar-refractivity contribution in [2.24, 2.45) is 5.73 Å². The van der Waals surface area contributed by atoms with Crippen molar-refractivity contribution in [1.29, 1.82) is 0 Å². The minimum absolute atomic E-state index is 0.268. The summed E-state index contributed by atoms with van der Waals surface area (Å²) in [5, 5.41) is 0. The zero-order valence-corrected chi connectivity index (χ0v) is 13.2. The van der Waals surface area contributed by atoms with Crippen LogP contribution in [0.5, 0.6) is 5.75 Å². The van der Waals surface area contributed by atoms with Crippen LogP contribution in [0.15, 0.2) is 53.0 Å². The smallest absolute Gasteiger partial charge is 0.341 e. The summed E-state index contributed by atoms with van der Waals surface area (Å²) in [5.74, 6) is 0.00777. The lowest BCUT2D eigenvalue weighted by Gasteiger charge is -2.15. The van der Waals surface area contributed by atoms with Crippen molar-refractivity contribution in [3.8, 4) is 5.75 Å². The molecule has 0 heterocycles. The number of esters is 1. The second-order valence-electron chi connectivity index (χ2n) is 4.46. The van der Waals surface area contributed by atoms with Crippen LogP contribution in [0.1, 0.15) is 22.0 Å². The number of halogens is 1. The molecular weight excluding hydrogens is 334 g/mol. The lowest BCUT2D eigenvalue weighted by atomic mass is 10.1. The Labute approximate surface area is 132 Å². The second-order valence-corrected chi connectivity index (χ2v) is 5.38. The molecule has 0 bridgehead atoms. The lowest BCUT2D eigenvalue weighted by molar-refractivity contribution is 0.0595. The Bertz CT molecular complexity index is 616. The molecule has 2 aromatic rings. The molecular formula is C16H16BrNO3. The number of nitrogens with two attached hydrogens (primary N) is 1. The molecule has 1 unspecified atom stereocenters. The van der Waals surface area contributed by atoms with Crippen LogP contribution >= 0.6 is 15.9 Å². The standard InChI is InChI=1S/C16H16BrNO3/c1-20-16(19)13-8-7-12(17)9-15(13)21-10-14(18)11-5-3-2-4-6-11/h2-9,14H,10,18H2,1H3. The molecule has 110 valence electrons. The molecule has 0 saturated heterocycles. The maximum atomic E-state index is 11.7. The fraction of sp³-hybridized carbons (Fsp3) is 0.188. The first-order valence-electron chi connectivity index (χ1n) is 6.43. The van der Waals surface area contributed by atoms with Gasteiger partial charge in [0.1, 0.15) is 17.9 Å². The van der Waals surface area contributed by atoms with Crippen LogP contribution in [-0.2, 0) is 4.74 Å². The summed E-state index contributed by atoms with van der Waals surface area (Å²) in [6.45, 7) is 0.268. The summed E-state index contributed by atoms with van der Waals surface area (Å²) in [7, 11) is 1.34. The number of carbonyl (C=O) groups excluding carboxylic acids is 1.